The molecule has 1 aromatic rings. The Kier molecular flexibility index (Phi) is 2.43. The van der Waals surface area contributed by atoms with Crippen LogP contribution in [0.3, 0.4) is 0 Å². The van der Waals surface area contributed by atoms with Crippen LogP contribution in [0.5, 0.6) is 5.75 Å². The average molecular weight is 209 g/mol. The number of nitrogens with one attached hydrogen (secondary N) is 1. The summed E-state index contributed by atoms with van der Waals surface area (Å²) in [6, 6.07) is 5.21. The molecule has 1 fully saturated rings. The molecule has 0 bridgehead atoms. The maximum absolute atomic E-state index is 13.5. The van der Waals surface area contributed by atoms with Crippen molar-refractivity contribution in [2.24, 2.45) is 0 Å². The molecule has 1 aliphatic heterocycles. The maximum atomic E-state index is 13.5. The summed E-state index contributed by atoms with van der Waals surface area (Å²) in [5.74, 6) is 0.416. The van der Waals surface area contributed by atoms with E-state index in [1.165, 1.54) is 7.11 Å². The lowest BCUT2D eigenvalue weighted by atomic mass is 9.75. The Labute approximate surface area is 89.4 Å². The molecule has 82 valence electrons. The lowest BCUT2D eigenvalue weighted by Crippen LogP contribution is -2.59. The molecule has 1 saturated heterocycles. The summed E-state index contributed by atoms with van der Waals surface area (Å²) < 4.78 is 18.4. The number of halogens is 1. The van der Waals surface area contributed by atoms with E-state index >= 15 is 0 Å². The minimum absolute atomic E-state index is 0.0705. The molecule has 0 aliphatic carbocycles. The van der Waals surface area contributed by atoms with Gasteiger partial charge in [0.25, 0.3) is 0 Å². The Morgan fingerprint density at radius 1 is 1.47 bits per heavy atom. The van der Waals surface area contributed by atoms with Crippen molar-refractivity contribution in [3.05, 3.63) is 29.6 Å². The van der Waals surface area contributed by atoms with Gasteiger partial charge in [-0.05, 0) is 31.5 Å². The van der Waals surface area contributed by atoms with Crippen LogP contribution in [-0.2, 0) is 0 Å². The summed E-state index contributed by atoms with van der Waals surface area (Å²) in [4.78, 5) is 0. The lowest BCUT2D eigenvalue weighted by molar-refractivity contribution is 0.207. The molecule has 2 rings (SSSR count). The maximum Gasteiger partial charge on any atom is 0.165 e. The smallest absolute Gasteiger partial charge is 0.165 e. The third-order valence-electron chi connectivity index (χ3n) is 3.21. The van der Waals surface area contributed by atoms with Crippen molar-refractivity contribution in [2.45, 2.75) is 25.3 Å². The quantitative estimate of drug-likeness (QED) is 0.807. The fourth-order valence-electron chi connectivity index (χ4n) is 2.05. The van der Waals surface area contributed by atoms with E-state index in [0.29, 0.717) is 11.7 Å². The van der Waals surface area contributed by atoms with E-state index in [1.807, 2.05) is 6.07 Å². The highest BCUT2D eigenvalue weighted by Gasteiger charge is 2.38. The van der Waals surface area contributed by atoms with Crippen LogP contribution in [0.15, 0.2) is 18.2 Å². The SMILES string of the molecule is COc1ccc(C2CNC2(C)C)cc1F. The zero-order chi connectivity index (χ0) is 11.1. The van der Waals surface area contributed by atoms with Gasteiger partial charge in [-0.25, -0.2) is 4.39 Å². The van der Waals surface area contributed by atoms with Crippen molar-refractivity contribution < 1.29 is 9.13 Å². The van der Waals surface area contributed by atoms with Gasteiger partial charge in [0.2, 0.25) is 0 Å². The molecular weight excluding hydrogens is 193 g/mol. The van der Waals surface area contributed by atoms with Gasteiger partial charge < -0.3 is 10.1 Å². The van der Waals surface area contributed by atoms with Crippen LogP contribution in [0.25, 0.3) is 0 Å². The minimum atomic E-state index is -0.280. The molecule has 0 saturated carbocycles. The fourth-order valence-corrected chi connectivity index (χ4v) is 2.05. The van der Waals surface area contributed by atoms with Crippen LogP contribution >= 0.6 is 0 Å². The molecular formula is C12H16FNO. The Balaban J connectivity index is 2.27. The van der Waals surface area contributed by atoms with E-state index < -0.39 is 0 Å². The largest absolute Gasteiger partial charge is 0.494 e. The molecule has 1 N–H and O–H groups in total. The van der Waals surface area contributed by atoms with E-state index in [1.54, 1.807) is 12.1 Å². The summed E-state index contributed by atoms with van der Waals surface area (Å²) in [6.45, 7) is 5.17. The Morgan fingerprint density at radius 3 is 2.60 bits per heavy atom. The summed E-state index contributed by atoms with van der Waals surface area (Å²) in [5, 5.41) is 3.33. The first kappa shape index (κ1) is 10.4. The van der Waals surface area contributed by atoms with Crippen molar-refractivity contribution in [1.82, 2.24) is 5.32 Å². The second-order valence-corrected chi connectivity index (χ2v) is 4.55. The number of benzene rings is 1. The normalized spacial score (nSPS) is 23.3. The van der Waals surface area contributed by atoms with Gasteiger partial charge in [-0.1, -0.05) is 6.07 Å². The summed E-state index contributed by atoms with van der Waals surface area (Å²) >= 11 is 0. The van der Waals surface area contributed by atoms with Crippen molar-refractivity contribution in [3.8, 4) is 5.75 Å². The highest BCUT2D eigenvalue weighted by atomic mass is 19.1. The predicted octanol–water partition coefficient (Wildman–Crippen LogP) is 2.30. The van der Waals surface area contributed by atoms with Crippen LogP contribution in [0, 0.1) is 5.82 Å². The van der Waals surface area contributed by atoms with Gasteiger partial charge in [-0.3, -0.25) is 0 Å². The molecule has 3 heteroatoms. The first-order chi connectivity index (χ1) is 7.04. The third-order valence-corrected chi connectivity index (χ3v) is 3.21. The Bertz CT molecular complexity index is 376. The van der Waals surface area contributed by atoms with Gasteiger partial charge in [0.1, 0.15) is 0 Å². The van der Waals surface area contributed by atoms with Crippen LogP contribution in [0.1, 0.15) is 25.3 Å². The molecule has 2 nitrogen and oxygen atoms in total. The van der Waals surface area contributed by atoms with E-state index in [0.717, 1.165) is 12.1 Å². The molecule has 0 spiro atoms. The molecule has 0 amide bonds. The third kappa shape index (κ3) is 1.72. The molecule has 1 atom stereocenters. The highest BCUT2D eigenvalue weighted by molar-refractivity contribution is 5.34. The van der Waals surface area contributed by atoms with Gasteiger partial charge in [0, 0.05) is 18.0 Å². The number of hydrogen-bond donors (Lipinski definition) is 1. The molecule has 0 radical (unpaired) electrons. The van der Waals surface area contributed by atoms with Crippen LogP contribution in [0.2, 0.25) is 0 Å². The fraction of sp³-hybridized carbons (Fsp3) is 0.500. The van der Waals surface area contributed by atoms with Crippen molar-refractivity contribution in [3.63, 3.8) is 0 Å². The van der Waals surface area contributed by atoms with Crippen LogP contribution < -0.4 is 10.1 Å². The summed E-state index contributed by atoms with van der Waals surface area (Å²) in [7, 11) is 1.48. The number of ether oxygens (including phenoxy) is 1. The zero-order valence-electron chi connectivity index (χ0n) is 9.30. The zero-order valence-corrected chi connectivity index (χ0v) is 9.30. The monoisotopic (exact) mass is 209 g/mol. The first-order valence-electron chi connectivity index (χ1n) is 5.13. The van der Waals surface area contributed by atoms with E-state index in [-0.39, 0.29) is 11.4 Å². The lowest BCUT2D eigenvalue weighted by Gasteiger charge is -2.46. The highest BCUT2D eigenvalue weighted by Crippen LogP contribution is 2.36. The van der Waals surface area contributed by atoms with E-state index in [9.17, 15) is 4.39 Å². The minimum Gasteiger partial charge on any atom is -0.494 e. The van der Waals surface area contributed by atoms with Crippen molar-refractivity contribution >= 4 is 0 Å². The topological polar surface area (TPSA) is 21.3 Å². The number of hydrogen-bond acceptors (Lipinski definition) is 2. The standard InChI is InChI=1S/C12H16FNO/c1-12(2)9(7-14-12)8-4-5-11(15-3)10(13)6-8/h4-6,9,14H,7H2,1-3H3. The molecule has 1 aromatic carbocycles. The average Bonchev–Trinajstić information content (AvgIpc) is 2.17. The van der Waals surface area contributed by atoms with Crippen LogP contribution in [0.4, 0.5) is 4.39 Å². The summed E-state index contributed by atoms with van der Waals surface area (Å²) in [5.41, 5.74) is 1.11. The second-order valence-electron chi connectivity index (χ2n) is 4.55. The summed E-state index contributed by atoms with van der Waals surface area (Å²) in [6.07, 6.45) is 0. The second kappa shape index (κ2) is 3.49. The van der Waals surface area contributed by atoms with Gasteiger partial charge in [0.15, 0.2) is 11.6 Å². The number of rotatable bonds is 2. The predicted molar refractivity (Wildman–Crippen MR) is 57.8 cm³/mol. The van der Waals surface area contributed by atoms with Gasteiger partial charge in [0.05, 0.1) is 7.11 Å². The van der Waals surface area contributed by atoms with E-state index in [4.69, 9.17) is 4.74 Å². The molecule has 1 heterocycles. The Morgan fingerprint density at radius 2 is 2.20 bits per heavy atom. The van der Waals surface area contributed by atoms with Gasteiger partial charge >= 0.3 is 0 Å². The van der Waals surface area contributed by atoms with Crippen LogP contribution in [-0.4, -0.2) is 19.2 Å². The van der Waals surface area contributed by atoms with Crippen molar-refractivity contribution in [2.75, 3.05) is 13.7 Å². The molecule has 15 heavy (non-hydrogen) atoms. The number of methoxy groups -OCH3 is 1. The van der Waals surface area contributed by atoms with E-state index in [2.05, 4.69) is 19.2 Å². The van der Waals surface area contributed by atoms with Gasteiger partial charge in [-0.2, -0.15) is 0 Å². The molecule has 1 aliphatic rings. The van der Waals surface area contributed by atoms with Gasteiger partial charge in [-0.15, -0.1) is 0 Å². The van der Waals surface area contributed by atoms with Crippen molar-refractivity contribution in [1.29, 1.82) is 0 Å². The molecule has 0 aromatic heterocycles. The Hall–Kier alpha value is -1.09. The first-order valence-corrected chi connectivity index (χ1v) is 5.13. The molecule has 1 unspecified atom stereocenters.